The molecule has 1 saturated heterocycles. The van der Waals surface area contributed by atoms with Gasteiger partial charge in [-0.3, -0.25) is 4.79 Å². The molecule has 0 spiro atoms. The van der Waals surface area contributed by atoms with E-state index < -0.39 is 0 Å². The van der Waals surface area contributed by atoms with Crippen LogP contribution in [-0.4, -0.2) is 31.6 Å². The average molecular weight is 231 g/mol. The number of rotatable bonds is 2. The minimum absolute atomic E-state index is 0.268. The van der Waals surface area contributed by atoms with Gasteiger partial charge in [-0.25, -0.2) is 0 Å². The topological polar surface area (TPSA) is 29.5 Å². The number of hydrogen-bond acceptors (Lipinski definition) is 3. The van der Waals surface area contributed by atoms with E-state index in [-0.39, 0.29) is 5.78 Å². The van der Waals surface area contributed by atoms with Crippen molar-refractivity contribution < 1.29 is 9.53 Å². The minimum atomic E-state index is 0.268. The van der Waals surface area contributed by atoms with Crippen LogP contribution in [-0.2, 0) is 4.74 Å². The highest BCUT2D eigenvalue weighted by Crippen LogP contribution is 2.28. The molecule has 17 heavy (non-hydrogen) atoms. The second kappa shape index (κ2) is 4.49. The van der Waals surface area contributed by atoms with Crippen molar-refractivity contribution in [2.75, 3.05) is 24.6 Å². The van der Waals surface area contributed by atoms with Crippen LogP contribution in [0.25, 0.3) is 0 Å². The van der Waals surface area contributed by atoms with Crippen LogP contribution in [0.15, 0.2) is 24.3 Å². The van der Waals surface area contributed by atoms with Crippen LogP contribution >= 0.6 is 0 Å². The largest absolute Gasteiger partial charge is 0.376 e. The van der Waals surface area contributed by atoms with Gasteiger partial charge in [0, 0.05) is 37.4 Å². The molecule has 0 aliphatic carbocycles. The second-order valence-corrected chi connectivity index (χ2v) is 4.77. The lowest BCUT2D eigenvalue weighted by molar-refractivity contribution is 0.0968. The van der Waals surface area contributed by atoms with E-state index >= 15 is 0 Å². The van der Waals surface area contributed by atoms with Gasteiger partial charge in [0.1, 0.15) is 0 Å². The zero-order chi connectivity index (χ0) is 11.7. The van der Waals surface area contributed by atoms with Crippen LogP contribution in [0.2, 0.25) is 0 Å². The number of ether oxygens (including phenoxy) is 1. The Morgan fingerprint density at radius 3 is 3.06 bits per heavy atom. The fourth-order valence-electron chi connectivity index (χ4n) is 2.70. The summed E-state index contributed by atoms with van der Waals surface area (Å²) in [6.07, 6.45) is 3.28. The maximum atomic E-state index is 11.8. The predicted octanol–water partition coefficient (Wildman–Crippen LogP) is 2.26. The summed E-state index contributed by atoms with van der Waals surface area (Å²) in [7, 11) is 0. The number of benzene rings is 1. The summed E-state index contributed by atoms with van der Waals surface area (Å²) in [4.78, 5) is 14.1. The quantitative estimate of drug-likeness (QED) is 0.782. The lowest BCUT2D eigenvalue weighted by Crippen LogP contribution is -2.37. The number of ketones is 1. The molecule has 1 aromatic rings. The Balaban J connectivity index is 1.82. The van der Waals surface area contributed by atoms with Crippen molar-refractivity contribution in [3.63, 3.8) is 0 Å². The number of carbonyl (C=O) groups excluding carboxylic acids is 1. The molecule has 1 atom stereocenters. The third-order valence-corrected chi connectivity index (χ3v) is 3.60. The molecular formula is C14H17NO2. The summed E-state index contributed by atoms with van der Waals surface area (Å²) in [5.41, 5.74) is 1.95. The molecule has 2 aliphatic heterocycles. The molecule has 2 heterocycles. The fourth-order valence-corrected chi connectivity index (χ4v) is 2.70. The van der Waals surface area contributed by atoms with Crippen LogP contribution in [0, 0.1) is 0 Å². The standard InChI is InChI=1S/C14H17NO2/c16-14-7-8-15(10-11-4-3-9-17-11)13-6-2-1-5-12(13)14/h1-2,5-6,11H,3-4,7-10H2. The molecule has 3 heteroatoms. The summed E-state index contributed by atoms with van der Waals surface area (Å²) < 4.78 is 5.67. The highest BCUT2D eigenvalue weighted by molar-refractivity contribution is 6.03. The normalized spacial score (nSPS) is 23.9. The predicted molar refractivity (Wildman–Crippen MR) is 66.6 cm³/mol. The Morgan fingerprint density at radius 1 is 1.35 bits per heavy atom. The number of para-hydroxylation sites is 1. The van der Waals surface area contributed by atoms with E-state index in [1.54, 1.807) is 0 Å². The van der Waals surface area contributed by atoms with E-state index in [0.717, 1.165) is 37.4 Å². The van der Waals surface area contributed by atoms with Crippen molar-refractivity contribution in [1.82, 2.24) is 0 Å². The van der Waals surface area contributed by atoms with Crippen molar-refractivity contribution in [2.45, 2.75) is 25.4 Å². The third kappa shape index (κ3) is 2.07. The molecule has 0 saturated carbocycles. The molecule has 1 fully saturated rings. The Morgan fingerprint density at radius 2 is 2.24 bits per heavy atom. The van der Waals surface area contributed by atoms with Crippen LogP contribution < -0.4 is 4.90 Å². The first-order valence-corrected chi connectivity index (χ1v) is 6.33. The molecule has 0 radical (unpaired) electrons. The SMILES string of the molecule is O=C1CCN(CC2CCCO2)c2ccccc21. The summed E-state index contributed by atoms with van der Waals surface area (Å²) in [5, 5.41) is 0. The first-order valence-electron chi connectivity index (χ1n) is 6.33. The van der Waals surface area contributed by atoms with Crippen molar-refractivity contribution in [1.29, 1.82) is 0 Å². The summed E-state index contributed by atoms with van der Waals surface area (Å²) in [6.45, 7) is 2.64. The monoisotopic (exact) mass is 231 g/mol. The van der Waals surface area contributed by atoms with Crippen LogP contribution in [0.3, 0.4) is 0 Å². The lowest BCUT2D eigenvalue weighted by Gasteiger charge is -2.32. The van der Waals surface area contributed by atoms with Gasteiger partial charge in [0.15, 0.2) is 5.78 Å². The van der Waals surface area contributed by atoms with E-state index in [4.69, 9.17) is 4.74 Å². The zero-order valence-corrected chi connectivity index (χ0v) is 9.89. The minimum Gasteiger partial charge on any atom is -0.376 e. The molecular weight excluding hydrogens is 214 g/mol. The van der Waals surface area contributed by atoms with E-state index in [0.29, 0.717) is 12.5 Å². The maximum absolute atomic E-state index is 11.8. The van der Waals surface area contributed by atoms with E-state index in [1.165, 1.54) is 6.42 Å². The van der Waals surface area contributed by atoms with Gasteiger partial charge < -0.3 is 9.64 Å². The first kappa shape index (κ1) is 10.8. The highest BCUT2D eigenvalue weighted by atomic mass is 16.5. The smallest absolute Gasteiger partial charge is 0.166 e. The van der Waals surface area contributed by atoms with Gasteiger partial charge in [-0.15, -0.1) is 0 Å². The molecule has 90 valence electrons. The van der Waals surface area contributed by atoms with E-state index in [9.17, 15) is 4.79 Å². The molecule has 2 aliphatic rings. The van der Waals surface area contributed by atoms with E-state index in [1.807, 2.05) is 24.3 Å². The molecule has 0 N–H and O–H groups in total. The van der Waals surface area contributed by atoms with Gasteiger partial charge in [0.2, 0.25) is 0 Å². The molecule has 3 nitrogen and oxygen atoms in total. The average Bonchev–Trinajstić information content (AvgIpc) is 2.86. The summed E-state index contributed by atoms with van der Waals surface area (Å²) >= 11 is 0. The van der Waals surface area contributed by atoms with Crippen molar-refractivity contribution in [3.8, 4) is 0 Å². The molecule has 0 bridgehead atoms. The second-order valence-electron chi connectivity index (χ2n) is 4.77. The summed E-state index contributed by atoms with van der Waals surface area (Å²) in [5.74, 6) is 0.268. The Labute approximate surface area is 101 Å². The van der Waals surface area contributed by atoms with Gasteiger partial charge in [-0.2, -0.15) is 0 Å². The number of fused-ring (bicyclic) bond motifs is 1. The maximum Gasteiger partial charge on any atom is 0.166 e. The number of anilines is 1. The number of nitrogens with zero attached hydrogens (tertiary/aromatic N) is 1. The van der Waals surface area contributed by atoms with Crippen LogP contribution in [0.5, 0.6) is 0 Å². The van der Waals surface area contributed by atoms with Gasteiger partial charge in [-0.05, 0) is 25.0 Å². The first-order chi connectivity index (χ1) is 8.34. The van der Waals surface area contributed by atoms with Crippen molar-refractivity contribution in [2.24, 2.45) is 0 Å². The number of Topliss-reactive ketones (excluding diaryl/α,β-unsaturated/α-hetero) is 1. The third-order valence-electron chi connectivity index (χ3n) is 3.60. The van der Waals surface area contributed by atoms with Crippen LogP contribution in [0.4, 0.5) is 5.69 Å². The van der Waals surface area contributed by atoms with Crippen molar-refractivity contribution >= 4 is 11.5 Å². The molecule has 0 amide bonds. The molecule has 0 aromatic heterocycles. The Kier molecular flexibility index (Phi) is 2.85. The van der Waals surface area contributed by atoms with Crippen molar-refractivity contribution in [3.05, 3.63) is 29.8 Å². The lowest BCUT2D eigenvalue weighted by atomic mass is 10.00. The van der Waals surface area contributed by atoms with Gasteiger partial charge in [-0.1, -0.05) is 12.1 Å². The Bertz CT molecular complexity index is 424. The van der Waals surface area contributed by atoms with Gasteiger partial charge in [0.05, 0.1) is 6.10 Å². The van der Waals surface area contributed by atoms with E-state index in [2.05, 4.69) is 4.90 Å². The van der Waals surface area contributed by atoms with Gasteiger partial charge in [0.25, 0.3) is 0 Å². The highest BCUT2D eigenvalue weighted by Gasteiger charge is 2.26. The molecule has 3 rings (SSSR count). The Hall–Kier alpha value is -1.35. The summed E-state index contributed by atoms with van der Waals surface area (Å²) in [6, 6.07) is 7.91. The van der Waals surface area contributed by atoms with Crippen LogP contribution in [0.1, 0.15) is 29.6 Å². The number of carbonyl (C=O) groups is 1. The molecule has 1 aromatic carbocycles. The molecule has 1 unspecified atom stereocenters. The van der Waals surface area contributed by atoms with Gasteiger partial charge >= 0.3 is 0 Å². The zero-order valence-electron chi connectivity index (χ0n) is 9.89. The number of hydrogen-bond donors (Lipinski definition) is 0. The fraction of sp³-hybridized carbons (Fsp3) is 0.500.